The second-order valence-electron chi connectivity index (χ2n) is 7.12. The number of carboxylic acid groups (broad SMARTS) is 1. The van der Waals surface area contributed by atoms with Gasteiger partial charge in [0.2, 0.25) is 0 Å². The number of carbonyl (C=O) groups excluding carboxylic acids is 1. The number of nitrogens with zero attached hydrogens (tertiary/aromatic N) is 3. The first kappa shape index (κ1) is 23.6. The fraction of sp³-hybridized carbons (Fsp3) is 0.273. The smallest absolute Gasteiger partial charge is 0.328 e. The van der Waals surface area contributed by atoms with Crippen LogP contribution >= 0.6 is 23.2 Å². The summed E-state index contributed by atoms with van der Waals surface area (Å²) in [6, 6.07) is 9.19. The quantitative estimate of drug-likeness (QED) is 0.362. The van der Waals surface area contributed by atoms with Crippen LogP contribution in [0.3, 0.4) is 0 Å². The Labute approximate surface area is 195 Å². The molecule has 2 aromatic heterocycles. The van der Waals surface area contributed by atoms with E-state index in [1.54, 1.807) is 29.4 Å². The summed E-state index contributed by atoms with van der Waals surface area (Å²) in [4.78, 5) is 32.7. The molecule has 32 heavy (non-hydrogen) atoms. The summed E-state index contributed by atoms with van der Waals surface area (Å²) in [6.45, 7) is 0.826. The zero-order valence-electron chi connectivity index (χ0n) is 17.2. The van der Waals surface area contributed by atoms with Crippen LogP contribution in [0.4, 0.5) is 5.82 Å². The topological polar surface area (TPSA) is 109 Å². The van der Waals surface area contributed by atoms with Gasteiger partial charge in [-0.3, -0.25) is 4.79 Å². The van der Waals surface area contributed by atoms with Gasteiger partial charge >= 0.3 is 5.97 Å². The molecule has 0 radical (unpaired) electrons. The lowest BCUT2D eigenvalue weighted by Gasteiger charge is -2.16. The number of unbranched alkanes of at least 4 members (excludes halogenated alkanes) is 1. The van der Waals surface area contributed by atoms with E-state index >= 15 is 0 Å². The molecule has 10 heteroatoms. The van der Waals surface area contributed by atoms with Crippen molar-refractivity contribution >= 4 is 40.9 Å². The number of amides is 1. The Hall–Kier alpha value is -3.10. The third kappa shape index (κ3) is 6.70. The summed E-state index contributed by atoms with van der Waals surface area (Å²) < 4.78 is 1.65. The number of carbonyl (C=O) groups is 2. The third-order valence-corrected chi connectivity index (χ3v) is 5.33. The summed E-state index contributed by atoms with van der Waals surface area (Å²) in [7, 11) is 0. The van der Waals surface area contributed by atoms with E-state index < -0.39 is 17.9 Å². The molecule has 2 heterocycles. The second-order valence-corrected chi connectivity index (χ2v) is 7.94. The van der Waals surface area contributed by atoms with Gasteiger partial charge in [-0.05, 0) is 43.5 Å². The minimum absolute atomic E-state index is 0.0252. The Morgan fingerprint density at radius 1 is 1.06 bits per heavy atom. The zero-order chi connectivity index (χ0) is 22.9. The Bertz CT molecular complexity index is 1040. The van der Waals surface area contributed by atoms with Crippen LogP contribution in [0.1, 0.15) is 28.9 Å². The van der Waals surface area contributed by atoms with Gasteiger partial charge in [0.05, 0.1) is 34.2 Å². The van der Waals surface area contributed by atoms with Gasteiger partial charge in [0.15, 0.2) is 0 Å². The van der Waals surface area contributed by atoms with Crippen LogP contribution in [0.2, 0.25) is 10.0 Å². The first-order valence-corrected chi connectivity index (χ1v) is 10.8. The van der Waals surface area contributed by atoms with E-state index in [1.165, 1.54) is 12.1 Å². The molecule has 0 saturated heterocycles. The summed E-state index contributed by atoms with van der Waals surface area (Å²) in [5.74, 6) is -0.970. The van der Waals surface area contributed by atoms with E-state index in [4.69, 9.17) is 23.2 Å². The average molecular weight is 476 g/mol. The van der Waals surface area contributed by atoms with Crippen molar-refractivity contribution in [1.82, 2.24) is 19.9 Å². The summed E-state index contributed by atoms with van der Waals surface area (Å²) in [5.41, 5.74) is 0.903. The number of anilines is 1. The minimum atomic E-state index is -1.17. The molecule has 168 valence electrons. The van der Waals surface area contributed by atoms with Crippen molar-refractivity contribution in [3.63, 3.8) is 0 Å². The van der Waals surface area contributed by atoms with Gasteiger partial charge in [-0.2, -0.15) is 0 Å². The molecular weight excluding hydrogens is 453 g/mol. The van der Waals surface area contributed by atoms with Crippen molar-refractivity contribution in [2.75, 3.05) is 11.9 Å². The lowest BCUT2D eigenvalue weighted by Crippen LogP contribution is -2.43. The lowest BCUT2D eigenvalue weighted by molar-refractivity contribution is -0.139. The van der Waals surface area contributed by atoms with Gasteiger partial charge in [0, 0.05) is 18.9 Å². The standard InChI is InChI=1S/C22H23Cl2N5O3/c23-16-7-5-8-17(24)20(16)21(30)28-18(22(31)32)13-29-12-15(27-14-29)6-1-3-10-25-19-9-2-4-11-26-19/h2,4-5,7-9,11-12,14,18H,1,3,6,10,13H2,(H,25,26)(H,28,30)(H,31,32)/t18-/m0/s1. The number of halogens is 2. The van der Waals surface area contributed by atoms with Crippen molar-refractivity contribution < 1.29 is 14.7 Å². The first-order valence-electron chi connectivity index (χ1n) is 10.1. The summed E-state index contributed by atoms with van der Waals surface area (Å²) in [6.07, 6.45) is 7.71. The van der Waals surface area contributed by atoms with Gasteiger partial charge in [-0.15, -0.1) is 0 Å². The molecule has 3 aromatic rings. The highest BCUT2D eigenvalue weighted by Gasteiger charge is 2.24. The van der Waals surface area contributed by atoms with Gasteiger partial charge in [-0.25, -0.2) is 14.8 Å². The maximum absolute atomic E-state index is 12.5. The molecular formula is C22H23Cl2N5O3. The molecule has 0 aliphatic heterocycles. The minimum Gasteiger partial charge on any atom is -0.480 e. The molecule has 1 atom stereocenters. The predicted molar refractivity (Wildman–Crippen MR) is 123 cm³/mol. The maximum Gasteiger partial charge on any atom is 0.328 e. The number of carboxylic acids is 1. The van der Waals surface area contributed by atoms with Crippen LogP contribution in [0.5, 0.6) is 0 Å². The van der Waals surface area contributed by atoms with Crippen molar-refractivity contribution in [1.29, 1.82) is 0 Å². The number of hydrogen-bond donors (Lipinski definition) is 3. The molecule has 0 bridgehead atoms. The van der Waals surface area contributed by atoms with E-state index in [0.29, 0.717) is 0 Å². The maximum atomic E-state index is 12.5. The van der Waals surface area contributed by atoms with Crippen LogP contribution in [0.25, 0.3) is 0 Å². The van der Waals surface area contributed by atoms with Gasteiger partial charge in [0.1, 0.15) is 11.9 Å². The number of pyridine rings is 1. The second kappa shape index (κ2) is 11.5. The highest BCUT2D eigenvalue weighted by atomic mass is 35.5. The van der Waals surface area contributed by atoms with Crippen LogP contribution in [0, 0.1) is 0 Å². The summed E-state index contributed by atoms with van der Waals surface area (Å²) in [5, 5.41) is 15.6. The number of imidazole rings is 1. The number of nitrogens with one attached hydrogen (secondary N) is 2. The molecule has 0 spiro atoms. The van der Waals surface area contributed by atoms with Gasteiger partial charge < -0.3 is 20.3 Å². The monoisotopic (exact) mass is 475 g/mol. The van der Waals surface area contributed by atoms with Crippen molar-refractivity contribution in [2.24, 2.45) is 0 Å². The summed E-state index contributed by atoms with van der Waals surface area (Å²) >= 11 is 12.1. The Kier molecular flexibility index (Phi) is 8.47. The zero-order valence-corrected chi connectivity index (χ0v) is 18.7. The highest BCUT2D eigenvalue weighted by Crippen LogP contribution is 2.24. The number of aliphatic carboxylic acids is 1. The molecule has 1 amide bonds. The van der Waals surface area contributed by atoms with E-state index in [9.17, 15) is 14.7 Å². The van der Waals surface area contributed by atoms with Crippen molar-refractivity contribution in [3.05, 3.63) is 76.4 Å². The van der Waals surface area contributed by atoms with Crippen LogP contribution in [0.15, 0.2) is 55.1 Å². The van der Waals surface area contributed by atoms with E-state index in [1.807, 2.05) is 18.2 Å². The van der Waals surface area contributed by atoms with E-state index in [-0.39, 0.29) is 22.2 Å². The predicted octanol–water partition coefficient (Wildman–Crippen LogP) is 3.90. The van der Waals surface area contributed by atoms with E-state index in [2.05, 4.69) is 20.6 Å². The van der Waals surface area contributed by atoms with Crippen LogP contribution < -0.4 is 10.6 Å². The van der Waals surface area contributed by atoms with Crippen molar-refractivity contribution in [2.45, 2.75) is 31.8 Å². The molecule has 0 aliphatic carbocycles. The number of rotatable bonds is 11. The number of benzene rings is 1. The number of aryl methyl sites for hydroxylation is 1. The highest BCUT2D eigenvalue weighted by molar-refractivity contribution is 6.39. The Morgan fingerprint density at radius 2 is 1.84 bits per heavy atom. The molecule has 3 rings (SSSR count). The molecule has 8 nitrogen and oxygen atoms in total. The Morgan fingerprint density at radius 3 is 2.53 bits per heavy atom. The molecule has 1 aromatic carbocycles. The van der Waals surface area contributed by atoms with Gasteiger partial charge in [0.25, 0.3) is 5.91 Å². The van der Waals surface area contributed by atoms with Crippen LogP contribution in [-0.2, 0) is 17.8 Å². The molecule has 0 saturated carbocycles. The van der Waals surface area contributed by atoms with E-state index in [0.717, 1.165) is 37.3 Å². The Balaban J connectivity index is 1.49. The van der Waals surface area contributed by atoms with Crippen molar-refractivity contribution in [3.8, 4) is 0 Å². The first-order chi connectivity index (χ1) is 15.4. The molecule has 0 aliphatic rings. The van der Waals surface area contributed by atoms with Gasteiger partial charge in [-0.1, -0.05) is 35.3 Å². The SMILES string of the molecule is O=C(N[C@@H](Cn1cnc(CCCCNc2ccccn2)c1)C(=O)O)c1c(Cl)cccc1Cl. The average Bonchev–Trinajstić information content (AvgIpc) is 3.21. The fourth-order valence-corrected chi connectivity index (χ4v) is 3.66. The molecule has 3 N–H and O–H groups in total. The fourth-order valence-electron chi connectivity index (χ4n) is 3.09. The molecule has 0 fully saturated rings. The number of hydrogen-bond acceptors (Lipinski definition) is 5. The normalized spacial score (nSPS) is 11.7. The molecule has 0 unspecified atom stereocenters. The van der Waals surface area contributed by atoms with Crippen LogP contribution in [-0.4, -0.2) is 44.1 Å². The third-order valence-electron chi connectivity index (χ3n) is 4.70. The largest absolute Gasteiger partial charge is 0.480 e. The number of aromatic nitrogens is 3. The lowest BCUT2D eigenvalue weighted by atomic mass is 10.2.